The van der Waals surface area contributed by atoms with Crippen molar-refractivity contribution >= 4 is 38.6 Å². The third-order valence-corrected chi connectivity index (χ3v) is 7.12. The van der Waals surface area contributed by atoms with E-state index < -0.39 is 15.6 Å². The second-order valence-corrected chi connectivity index (χ2v) is 9.26. The van der Waals surface area contributed by atoms with Gasteiger partial charge in [0, 0.05) is 22.5 Å². The molecule has 0 saturated carbocycles. The molecule has 0 aliphatic carbocycles. The average molecular weight is 424 g/mol. The first-order chi connectivity index (χ1) is 13.8. The molecule has 3 aromatic carbocycles. The highest BCUT2D eigenvalue weighted by Crippen LogP contribution is 2.41. The van der Waals surface area contributed by atoms with E-state index in [2.05, 4.69) is 0 Å². The summed E-state index contributed by atoms with van der Waals surface area (Å²) >= 11 is 6.29. The predicted molar refractivity (Wildman–Crippen MR) is 116 cm³/mol. The number of ketones is 1. The van der Waals surface area contributed by atoms with Crippen molar-refractivity contribution in [2.45, 2.75) is 18.7 Å². The molecule has 0 saturated heterocycles. The Bertz CT molecular complexity index is 1260. The lowest BCUT2D eigenvalue weighted by Gasteiger charge is -2.29. The van der Waals surface area contributed by atoms with Crippen molar-refractivity contribution in [3.05, 3.63) is 99.5 Å². The minimum Gasteiger partial charge on any atom is -0.314 e. The maximum atomic E-state index is 13.2. The number of allylic oxidation sites excluding steroid dienone is 1. The molecule has 0 fully saturated rings. The molecule has 0 N–H and O–H groups in total. The minimum atomic E-state index is -3.96. The van der Waals surface area contributed by atoms with Crippen molar-refractivity contribution in [1.82, 2.24) is 0 Å². The Labute approximate surface area is 175 Å². The Morgan fingerprint density at radius 2 is 1.62 bits per heavy atom. The summed E-state index contributed by atoms with van der Waals surface area (Å²) in [6.07, 6.45) is 1.39. The van der Waals surface area contributed by atoms with Crippen LogP contribution in [0.15, 0.2) is 82.7 Å². The number of hydrogen-bond donors (Lipinski definition) is 0. The van der Waals surface area contributed by atoms with E-state index in [1.807, 2.05) is 26.0 Å². The molecule has 0 radical (unpaired) electrons. The third-order valence-electron chi connectivity index (χ3n) is 4.92. The number of carbonyl (C=O) groups excluding carboxylic acids is 1. The first-order valence-electron chi connectivity index (χ1n) is 9.02. The van der Waals surface area contributed by atoms with Crippen LogP contribution in [-0.4, -0.2) is 14.2 Å². The zero-order chi connectivity index (χ0) is 20.8. The monoisotopic (exact) mass is 423 g/mol. The van der Waals surface area contributed by atoms with Crippen LogP contribution in [0.5, 0.6) is 0 Å². The number of halogens is 1. The summed E-state index contributed by atoms with van der Waals surface area (Å²) < 4.78 is 26.5. The average Bonchev–Trinajstić information content (AvgIpc) is 2.70. The number of aryl methyl sites for hydroxylation is 2. The lowest BCUT2D eigenvalue weighted by molar-refractivity contribution is 0.104. The van der Waals surface area contributed by atoms with Crippen LogP contribution in [0, 0.1) is 13.8 Å². The Morgan fingerprint density at radius 3 is 2.31 bits per heavy atom. The molecule has 6 heteroatoms. The summed E-state index contributed by atoms with van der Waals surface area (Å²) in [5.74, 6) is -0.539. The molecule has 1 heterocycles. The molecule has 29 heavy (non-hydrogen) atoms. The van der Waals surface area contributed by atoms with Gasteiger partial charge in [-0.2, -0.15) is 0 Å². The second-order valence-electron chi connectivity index (χ2n) is 6.96. The summed E-state index contributed by atoms with van der Waals surface area (Å²) in [6.45, 7) is 3.80. The number of nitrogens with zero attached hydrogens (tertiary/aromatic N) is 1. The summed E-state index contributed by atoms with van der Waals surface area (Å²) in [5.41, 5.74) is 3.38. The summed E-state index contributed by atoms with van der Waals surface area (Å²) in [4.78, 5) is 14.7. The van der Waals surface area contributed by atoms with E-state index in [1.54, 1.807) is 53.4 Å². The molecule has 146 valence electrons. The zero-order valence-electron chi connectivity index (χ0n) is 15.9. The van der Waals surface area contributed by atoms with Gasteiger partial charge >= 0.3 is 0 Å². The van der Waals surface area contributed by atoms with E-state index >= 15 is 0 Å². The topological polar surface area (TPSA) is 54.5 Å². The van der Waals surface area contributed by atoms with Crippen LogP contribution in [0.4, 0.5) is 11.4 Å². The molecule has 3 aromatic rings. The lowest BCUT2D eigenvalue weighted by atomic mass is 10.1. The molecule has 0 unspecified atom stereocenters. The van der Waals surface area contributed by atoms with Crippen molar-refractivity contribution in [2.24, 2.45) is 0 Å². The van der Waals surface area contributed by atoms with Crippen LogP contribution in [0.25, 0.3) is 0 Å². The predicted octanol–water partition coefficient (Wildman–Crippen LogP) is 5.61. The quantitative estimate of drug-likeness (QED) is 0.514. The zero-order valence-corrected chi connectivity index (χ0v) is 17.5. The number of Topliss-reactive ketones (excluding diaryl/α,β-unsaturated/α-hetero) is 1. The van der Waals surface area contributed by atoms with Gasteiger partial charge in [0.25, 0.3) is 0 Å². The van der Waals surface area contributed by atoms with E-state index in [4.69, 9.17) is 11.6 Å². The molecule has 1 aliphatic heterocycles. The smallest absolute Gasteiger partial charge is 0.214 e. The van der Waals surface area contributed by atoms with Crippen molar-refractivity contribution in [3.8, 4) is 0 Å². The molecule has 0 aromatic heterocycles. The Balaban J connectivity index is 1.92. The lowest BCUT2D eigenvalue weighted by Crippen LogP contribution is -2.25. The maximum Gasteiger partial charge on any atom is 0.214 e. The van der Waals surface area contributed by atoms with E-state index in [-0.39, 0.29) is 9.80 Å². The Hall–Kier alpha value is -2.89. The molecule has 1 aliphatic rings. The van der Waals surface area contributed by atoms with Gasteiger partial charge in [0.1, 0.15) is 4.91 Å². The Morgan fingerprint density at radius 1 is 0.931 bits per heavy atom. The van der Waals surface area contributed by atoms with Gasteiger partial charge in [-0.15, -0.1) is 0 Å². The molecule has 0 bridgehead atoms. The molecule has 0 atom stereocenters. The van der Waals surface area contributed by atoms with Crippen LogP contribution >= 0.6 is 11.6 Å². The first-order valence-corrected chi connectivity index (χ1v) is 10.9. The molecular formula is C23H18ClNO3S. The van der Waals surface area contributed by atoms with Crippen molar-refractivity contribution in [1.29, 1.82) is 0 Å². The number of sulfone groups is 1. The van der Waals surface area contributed by atoms with Crippen molar-refractivity contribution in [2.75, 3.05) is 4.90 Å². The van der Waals surface area contributed by atoms with Crippen molar-refractivity contribution in [3.63, 3.8) is 0 Å². The summed E-state index contributed by atoms with van der Waals surface area (Å²) in [6, 6.07) is 19.0. The van der Waals surface area contributed by atoms with E-state index in [0.29, 0.717) is 22.0 Å². The van der Waals surface area contributed by atoms with Crippen LogP contribution in [0.2, 0.25) is 5.02 Å². The minimum absolute atomic E-state index is 0.0923. The van der Waals surface area contributed by atoms with Crippen LogP contribution in [-0.2, 0) is 9.84 Å². The largest absolute Gasteiger partial charge is 0.314 e. The van der Waals surface area contributed by atoms with Crippen molar-refractivity contribution < 1.29 is 13.2 Å². The number of benzene rings is 3. The highest BCUT2D eigenvalue weighted by molar-refractivity contribution is 7.96. The summed E-state index contributed by atoms with van der Waals surface area (Å²) in [5, 5.41) is 0.563. The fraction of sp³-hybridized carbons (Fsp3) is 0.0870. The summed E-state index contributed by atoms with van der Waals surface area (Å²) in [7, 11) is -3.96. The van der Waals surface area contributed by atoms with Gasteiger partial charge in [0.05, 0.1) is 10.6 Å². The van der Waals surface area contributed by atoms with Gasteiger partial charge < -0.3 is 4.90 Å². The maximum absolute atomic E-state index is 13.2. The standard InChI is InChI=1S/C23H18ClNO3S/c1-15-7-10-17(11-8-15)23(26)22-14-25(18-12-9-16(2)19(24)13-18)20-5-3-4-6-21(20)29(22,27)28/h3-14H,1-2H3. The third kappa shape index (κ3) is 3.37. The second kappa shape index (κ2) is 7.17. The molecule has 0 amide bonds. The van der Waals surface area contributed by atoms with E-state index in [1.165, 1.54) is 12.3 Å². The molecular weight excluding hydrogens is 406 g/mol. The number of carbonyl (C=O) groups is 1. The van der Waals surface area contributed by atoms with Gasteiger partial charge in [-0.3, -0.25) is 4.79 Å². The van der Waals surface area contributed by atoms with Crippen LogP contribution in [0.3, 0.4) is 0 Å². The number of para-hydroxylation sites is 1. The fourth-order valence-corrected chi connectivity index (χ4v) is 4.95. The first kappa shape index (κ1) is 19.4. The van der Waals surface area contributed by atoms with E-state index in [0.717, 1.165) is 11.1 Å². The van der Waals surface area contributed by atoms with Gasteiger partial charge in [-0.25, -0.2) is 8.42 Å². The van der Waals surface area contributed by atoms with Gasteiger partial charge in [-0.05, 0) is 43.7 Å². The highest BCUT2D eigenvalue weighted by Gasteiger charge is 2.36. The number of anilines is 2. The SMILES string of the molecule is Cc1ccc(C(=O)C2=CN(c3ccc(C)c(Cl)c3)c3ccccc3S2(=O)=O)cc1. The van der Waals surface area contributed by atoms with Gasteiger partial charge in [-0.1, -0.05) is 59.6 Å². The van der Waals surface area contributed by atoms with Gasteiger partial charge in [0.15, 0.2) is 0 Å². The van der Waals surface area contributed by atoms with Crippen LogP contribution < -0.4 is 4.90 Å². The number of hydrogen-bond acceptors (Lipinski definition) is 4. The molecule has 4 rings (SSSR count). The number of fused-ring (bicyclic) bond motifs is 1. The van der Waals surface area contributed by atoms with Crippen LogP contribution in [0.1, 0.15) is 21.5 Å². The molecule has 4 nitrogen and oxygen atoms in total. The van der Waals surface area contributed by atoms with E-state index in [9.17, 15) is 13.2 Å². The molecule has 0 spiro atoms. The normalized spacial score (nSPS) is 14.9. The number of rotatable bonds is 3. The van der Waals surface area contributed by atoms with Gasteiger partial charge in [0.2, 0.25) is 15.6 Å². The Kier molecular flexibility index (Phi) is 4.81. The highest BCUT2D eigenvalue weighted by atomic mass is 35.5. The fourth-order valence-electron chi connectivity index (χ4n) is 3.23.